The van der Waals surface area contributed by atoms with E-state index in [1.54, 1.807) is 24.3 Å². The molecule has 9 nitrogen and oxygen atoms in total. The van der Waals surface area contributed by atoms with Crippen molar-refractivity contribution in [3.8, 4) is 0 Å². The molecule has 0 aliphatic carbocycles. The lowest BCUT2D eigenvalue weighted by Gasteiger charge is -2.24. The molecule has 0 saturated heterocycles. The molecule has 10 heteroatoms. The number of carbonyl (C=O) groups is 2. The van der Waals surface area contributed by atoms with Crippen molar-refractivity contribution in [3.63, 3.8) is 0 Å². The zero-order valence-corrected chi connectivity index (χ0v) is 36.8. The van der Waals surface area contributed by atoms with E-state index in [9.17, 15) is 19.0 Å². The van der Waals surface area contributed by atoms with Crippen LogP contribution in [0, 0.1) is 0 Å². The zero-order chi connectivity index (χ0) is 42.8. The first-order valence-corrected chi connectivity index (χ1v) is 22.3. The molecule has 0 aliphatic heterocycles. The number of quaternary nitrogens is 1. The fourth-order valence-corrected chi connectivity index (χ4v) is 5.30. The van der Waals surface area contributed by atoms with Crippen molar-refractivity contribution in [2.75, 3.05) is 47.5 Å². The third kappa shape index (κ3) is 41.5. The van der Waals surface area contributed by atoms with E-state index in [1.807, 2.05) is 94.1 Å². The van der Waals surface area contributed by atoms with Gasteiger partial charge in [0, 0.05) is 12.2 Å². The number of rotatable bonds is 34. The molecule has 2 atom stereocenters. The van der Waals surface area contributed by atoms with Crippen molar-refractivity contribution >= 4 is 19.8 Å². The highest BCUT2D eigenvalue weighted by atomic mass is 31.2. The molecular weight excluding hydrogens is 750 g/mol. The number of phosphoric ester groups is 1. The zero-order valence-electron chi connectivity index (χ0n) is 35.9. The summed E-state index contributed by atoms with van der Waals surface area (Å²) in [4.78, 5) is 35.0. The molecule has 1 N–H and O–H groups in total. The van der Waals surface area contributed by atoms with Crippen LogP contribution >= 0.6 is 7.82 Å². The van der Waals surface area contributed by atoms with Crippen LogP contribution in [0.1, 0.15) is 90.9 Å². The Morgan fingerprint density at radius 2 is 0.931 bits per heavy atom. The number of carbonyl (C=O) groups excluding carboxylic acids is 2. The second-order valence-electron chi connectivity index (χ2n) is 14.4. The molecule has 0 amide bonds. The van der Waals surface area contributed by atoms with Crippen LogP contribution in [-0.2, 0) is 32.7 Å². The van der Waals surface area contributed by atoms with E-state index in [1.165, 1.54) is 88.5 Å². The van der Waals surface area contributed by atoms with Gasteiger partial charge in [-0.25, -0.2) is 14.2 Å². The molecule has 0 saturated carbocycles. The predicted octanol–water partition coefficient (Wildman–Crippen LogP) is 11.7. The quantitative estimate of drug-likeness (QED) is 0.0171. The molecule has 0 aromatic carbocycles. The average Bonchev–Trinajstić information content (AvgIpc) is 3.17. The van der Waals surface area contributed by atoms with Crippen molar-refractivity contribution < 1.29 is 42.1 Å². The van der Waals surface area contributed by atoms with Crippen molar-refractivity contribution in [2.45, 2.75) is 97.0 Å². The Labute approximate surface area is 351 Å². The second-order valence-corrected chi connectivity index (χ2v) is 15.8. The fourth-order valence-electron chi connectivity index (χ4n) is 4.56. The number of phosphoric acid groups is 1. The highest BCUT2D eigenvalue weighted by Crippen LogP contribution is 2.43. The van der Waals surface area contributed by atoms with Gasteiger partial charge in [0.15, 0.2) is 6.10 Å². The Morgan fingerprint density at radius 1 is 0.534 bits per heavy atom. The highest BCUT2D eigenvalue weighted by Gasteiger charge is 2.26. The summed E-state index contributed by atoms with van der Waals surface area (Å²) in [5.41, 5.74) is 0. The van der Waals surface area contributed by atoms with E-state index >= 15 is 0 Å². The third-order valence-electron chi connectivity index (χ3n) is 7.82. The number of hydrogen-bond acceptors (Lipinski definition) is 7. The van der Waals surface area contributed by atoms with Gasteiger partial charge in [-0.3, -0.25) is 9.05 Å². The molecule has 0 radical (unpaired) electrons. The Hall–Kier alpha value is -4.11. The van der Waals surface area contributed by atoms with E-state index in [-0.39, 0.29) is 6.61 Å². The van der Waals surface area contributed by atoms with Gasteiger partial charge in [0.1, 0.15) is 19.8 Å². The number of likely N-dealkylation sites (N-methyl/N-ethyl adjacent to an activating group) is 1. The average molecular weight is 823 g/mol. The Kier molecular flexibility index (Phi) is 35.7. The summed E-state index contributed by atoms with van der Waals surface area (Å²) in [7, 11) is 1.28. The molecular formula is C48H73NO8P+. The molecule has 0 rings (SSSR count). The summed E-state index contributed by atoms with van der Waals surface area (Å²) in [5, 5.41) is 0. The van der Waals surface area contributed by atoms with Crippen molar-refractivity contribution in [2.24, 2.45) is 0 Å². The summed E-state index contributed by atoms with van der Waals surface area (Å²) in [6, 6.07) is 0. The lowest BCUT2D eigenvalue weighted by molar-refractivity contribution is -0.870. The molecule has 0 spiro atoms. The maximum Gasteiger partial charge on any atom is 0.472 e. The topological polar surface area (TPSA) is 108 Å². The number of allylic oxidation sites excluding steroid dienone is 22. The van der Waals surface area contributed by atoms with Crippen LogP contribution in [0.5, 0.6) is 0 Å². The van der Waals surface area contributed by atoms with E-state index in [2.05, 4.69) is 38.2 Å². The third-order valence-corrected chi connectivity index (χ3v) is 8.80. The van der Waals surface area contributed by atoms with Crippen LogP contribution in [0.25, 0.3) is 0 Å². The second kappa shape index (κ2) is 38.4. The lowest BCUT2D eigenvalue weighted by Crippen LogP contribution is -2.37. The van der Waals surface area contributed by atoms with E-state index in [0.717, 1.165) is 12.8 Å². The number of nitrogens with zero attached hydrogens (tertiary/aromatic N) is 1. The van der Waals surface area contributed by atoms with Gasteiger partial charge in [0.25, 0.3) is 0 Å². The summed E-state index contributed by atoms with van der Waals surface area (Å²) in [5.74, 6) is -1.45. The van der Waals surface area contributed by atoms with Crippen LogP contribution in [0.15, 0.2) is 146 Å². The molecule has 0 aliphatic rings. The van der Waals surface area contributed by atoms with Gasteiger partial charge in [-0.2, -0.15) is 0 Å². The SMILES string of the molecule is CCCCCCCC=CC=CC=CC=CC=CC=CC(=O)OC[C@H](COP(=O)(O)OCC[N+](C)(C)C)OC(=O)C=CC=CC=CC=CC=CC=CCCCCCCC. The minimum atomic E-state index is -4.46. The summed E-state index contributed by atoms with van der Waals surface area (Å²) in [6.07, 6.45) is 57.5. The largest absolute Gasteiger partial charge is 0.472 e. The molecule has 58 heavy (non-hydrogen) atoms. The normalized spacial score (nSPS) is 15.1. The van der Waals surface area contributed by atoms with Crippen LogP contribution < -0.4 is 0 Å². The molecule has 0 aromatic rings. The number of esters is 2. The maximum absolute atomic E-state index is 12.5. The first-order chi connectivity index (χ1) is 28.0. The monoisotopic (exact) mass is 823 g/mol. The van der Waals surface area contributed by atoms with Crippen LogP contribution in [-0.4, -0.2) is 74.9 Å². The van der Waals surface area contributed by atoms with E-state index in [0.29, 0.717) is 11.0 Å². The van der Waals surface area contributed by atoms with Gasteiger partial charge in [0.2, 0.25) is 0 Å². The number of hydrogen-bond donors (Lipinski definition) is 1. The standard InChI is InChI=1S/C48H72NO8P/c1-6-8-10-12-14-16-18-20-22-24-26-28-30-32-34-36-38-40-47(50)54-44-46(45-56-58(52,53)55-43-42-49(3,4)5)57-48(51)41-39-37-35-33-31-29-27-25-23-21-19-17-15-13-11-9-7-2/h18-41,46H,6-17,42-45H2,1-5H3/p+1/t46-/m1/s1. The highest BCUT2D eigenvalue weighted by molar-refractivity contribution is 7.47. The molecule has 0 heterocycles. The van der Waals surface area contributed by atoms with Crippen LogP contribution in [0.4, 0.5) is 0 Å². The Morgan fingerprint density at radius 3 is 1.36 bits per heavy atom. The van der Waals surface area contributed by atoms with E-state index < -0.39 is 39.1 Å². The Balaban J connectivity index is 4.93. The summed E-state index contributed by atoms with van der Waals surface area (Å²) < 4.78 is 33.7. The molecule has 0 bridgehead atoms. The number of ether oxygens (including phenoxy) is 2. The maximum atomic E-state index is 12.5. The first-order valence-electron chi connectivity index (χ1n) is 20.8. The smallest absolute Gasteiger partial charge is 0.458 e. The van der Waals surface area contributed by atoms with Gasteiger partial charge in [-0.15, -0.1) is 0 Å². The molecule has 1 unspecified atom stereocenters. The molecule has 322 valence electrons. The Bertz CT molecular complexity index is 1480. The van der Waals surface area contributed by atoms with Gasteiger partial charge in [-0.05, 0) is 25.7 Å². The number of unbranched alkanes of at least 4 members (excludes halogenated alkanes) is 10. The fraction of sp³-hybridized carbons (Fsp3) is 0.458. The van der Waals surface area contributed by atoms with Crippen molar-refractivity contribution in [3.05, 3.63) is 146 Å². The van der Waals surface area contributed by atoms with Gasteiger partial charge < -0.3 is 18.9 Å². The summed E-state index contributed by atoms with van der Waals surface area (Å²) >= 11 is 0. The minimum absolute atomic E-state index is 0.0266. The van der Waals surface area contributed by atoms with Gasteiger partial charge >= 0.3 is 19.8 Å². The molecule has 0 aromatic heterocycles. The molecule has 0 fully saturated rings. The summed E-state index contributed by atoms with van der Waals surface area (Å²) in [6.45, 7) is 3.94. The minimum Gasteiger partial charge on any atom is -0.458 e. The van der Waals surface area contributed by atoms with Crippen LogP contribution in [0.3, 0.4) is 0 Å². The van der Waals surface area contributed by atoms with E-state index in [4.69, 9.17) is 18.5 Å². The van der Waals surface area contributed by atoms with Gasteiger partial charge in [-0.1, -0.05) is 199 Å². The first kappa shape index (κ1) is 53.9. The van der Waals surface area contributed by atoms with Crippen LogP contribution in [0.2, 0.25) is 0 Å². The predicted molar refractivity (Wildman–Crippen MR) is 242 cm³/mol. The lowest BCUT2D eigenvalue weighted by atomic mass is 10.1. The van der Waals surface area contributed by atoms with Crippen molar-refractivity contribution in [1.82, 2.24) is 0 Å². The van der Waals surface area contributed by atoms with Crippen molar-refractivity contribution in [1.29, 1.82) is 0 Å². The van der Waals surface area contributed by atoms with Gasteiger partial charge in [0.05, 0.1) is 27.7 Å².